The largest absolute Gasteiger partial charge is 0.379 e. The lowest BCUT2D eigenvalue weighted by Gasteiger charge is -2.36. The van der Waals surface area contributed by atoms with Crippen molar-refractivity contribution in [3.8, 4) is 0 Å². The summed E-state index contributed by atoms with van der Waals surface area (Å²) in [5.74, 6) is 0.405. The number of aromatic nitrogens is 1. The van der Waals surface area contributed by atoms with Crippen molar-refractivity contribution in [3.63, 3.8) is 0 Å². The zero-order valence-electron chi connectivity index (χ0n) is 15.0. The van der Waals surface area contributed by atoms with Gasteiger partial charge in [-0.3, -0.25) is 9.69 Å². The van der Waals surface area contributed by atoms with E-state index in [0.717, 1.165) is 68.8 Å². The van der Waals surface area contributed by atoms with Gasteiger partial charge in [-0.1, -0.05) is 0 Å². The van der Waals surface area contributed by atoms with E-state index in [1.807, 2.05) is 11.1 Å². The van der Waals surface area contributed by atoms with Gasteiger partial charge >= 0.3 is 0 Å². The molecule has 140 valence electrons. The molecule has 1 amide bonds. The molecule has 6 heteroatoms. The predicted molar refractivity (Wildman–Crippen MR) is 98.5 cm³/mol. The first-order valence-electron chi connectivity index (χ1n) is 9.52. The van der Waals surface area contributed by atoms with Crippen molar-refractivity contribution in [2.75, 3.05) is 45.9 Å². The smallest absolute Gasteiger partial charge is 0.227 e. The lowest BCUT2D eigenvalue weighted by atomic mass is 9.96. The van der Waals surface area contributed by atoms with Crippen molar-refractivity contribution < 1.29 is 13.9 Å². The zero-order valence-corrected chi connectivity index (χ0v) is 15.0. The molecule has 0 bridgehead atoms. The molecule has 26 heavy (non-hydrogen) atoms. The third kappa shape index (κ3) is 3.91. The number of H-pyrrole nitrogens is 1. The van der Waals surface area contributed by atoms with Crippen LogP contribution in [-0.2, 0) is 16.0 Å². The van der Waals surface area contributed by atoms with Crippen molar-refractivity contribution >= 4 is 16.8 Å². The van der Waals surface area contributed by atoms with Crippen LogP contribution in [0.4, 0.5) is 4.39 Å². The van der Waals surface area contributed by atoms with E-state index in [0.29, 0.717) is 12.3 Å². The third-order valence-corrected chi connectivity index (χ3v) is 5.56. The Morgan fingerprint density at radius 1 is 1.27 bits per heavy atom. The summed E-state index contributed by atoms with van der Waals surface area (Å²) >= 11 is 0. The fourth-order valence-corrected chi connectivity index (χ4v) is 4.16. The fraction of sp³-hybridized carbons (Fsp3) is 0.550. The Bertz CT molecular complexity index is 770. The molecule has 2 saturated heterocycles. The average molecular weight is 359 g/mol. The van der Waals surface area contributed by atoms with E-state index in [2.05, 4.69) is 9.88 Å². The molecule has 0 spiro atoms. The summed E-state index contributed by atoms with van der Waals surface area (Å²) in [6, 6.07) is 4.66. The molecule has 3 heterocycles. The Balaban J connectivity index is 1.38. The maximum Gasteiger partial charge on any atom is 0.227 e. The lowest BCUT2D eigenvalue weighted by Crippen LogP contribution is -2.46. The number of ether oxygens (including phenoxy) is 1. The molecule has 2 aliphatic rings. The minimum Gasteiger partial charge on any atom is -0.379 e. The van der Waals surface area contributed by atoms with Crippen LogP contribution in [0.25, 0.3) is 10.9 Å². The van der Waals surface area contributed by atoms with E-state index in [1.54, 1.807) is 6.07 Å². The number of piperidine rings is 1. The molecule has 1 N–H and O–H groups in total. The number of hydrogen-bond acceptors (Lipinski definition) is 3. The first kappa shape index (κ1) is 17.5. The van der Waals surface area contributed by atoms with Crippen molar-refractivity contribution in [2.45, 2.75) is 19.3 Å². The van der Waals surface area contributed by atoms with Gasteiger partial charge in [0.25, 0.3) is 0 Å². The number of benzene rings is 1. The maximum absolute atomic E-state index is 13.5. The number of morpholine rings is 1. The second-order valence-electron chi connectivity index (χ2n) is 7.44. The number of nitrogens with one attached hydrogen (secondary N) is 1. The Labute approximate surface area is 153 Å². The average Bonchev–Trinajstić information content (AvgIpc) is 3.05. The number of rotatable bonds is 4. The number of amides is 1. The minimum absolute atomic E-state index is 0.141. The summed E-state index contributed by atoms with van der Waals surface area (Å²) in [6.07, 6.45) is 4.40. The summed E-state index contributed by atoms with van der Waals surface area (Å²) in [6.45, 7) is 6.31. The quantitative estimate of drug-likeness (QED) is 0.912. The highest BCUT2D eigenvalue weighted by atomic mass is 19.1. The summed E-state index contributed by atoms with van der Waals surface area (Å²) in [7, 11) is 0. The molecule has 1 aromatic heterocycles. The Hall–Kier alpha value is -1.92. The van der Waals surface area contributed by atoms with Gasteiger partial charge in [0.15, 0.2) is 0 Å². The van der Waals surface area contributed by atoms with Crippen molar-refractivity contribution in [2.24, 2.45) is 5.92 Å². The van der Waals surface area contributed by atoms with Crippen LogP contribution in [0.3, 0.4) is 0 Å². The zero-order chi connectivity index (χ0) is 17.9. The number of aromatic amines is 1. The molecular weight excluding hydrogens is 333 g/mol. The van der Waals surface area contributed by atoms with E-state index >= 15 is 0 Å². The van der Waals surface area contributed by atoms with Crippen LogP contribution in [0.15, 0.2) is 24.4 Å². The van der Waals surface area contributed by atoms with E-state index in [-0.39, 0.29) is 11.7 Å². The van der Waals surface area contributed by atoms with Crippen LogP contribution < -0.4 is 0 Å². The SMILES string of the molecule is O=C(Cc1c[nH]c2ccc(F)cc12)N1CCCC(CN2CCOCC2)C1. The van der Waals surface area contributed by atoms with Gasteiger partial charge in [-0.05, 0) is 42.5 Å². The van der Waals surface area contributed by atoms with E-state index in [9.17, 15) is 9.18 Å². The van der Waals surface area contributed by atoms with Crippen LogP contribution >= 0.6 is 0 Å². The van der Waals surface area contributed by atoms with E-state index in [4.69, 9.17) is 4.74 Å². The first-order chi connectivity index (χ1) is 12.7. The second kappa shape index (κ2) is 7.76. The highest BCUT2D eigenvalue weighted by Gasteiger charge is 2.26. The molecule has 2 aliphatic heterocycles. The van der Waals surface area contributed by atoms with Gasteiger partial charge < -0.3 is 14.6 Å². The van der Waals surface area contributed by atoms with Gasteiger partial charge in [-0.15, -0.1) is 0 Å². The normalized spacial score (nSPS) is 22.0. The summed E-state index contributed by atoms with van der Waals surface area (Å²) in [5.41, 5.74) is 1.75. The van der Waals surface area contributed by atoms with Crippen molar-refractivity contribution in [3.05, 3.63) is 35.8 Å². The number of fused-ring (bicyclic) bond motifs is 1. The molecular formula is C20H26FN3O2. The summed E-state index contributed by atoms with van der Waals surface area (Å²) in [4.78, 5) is 20.4. The molecule has 5 nitrogen and oxygen atoms in total. The van der Waals surface area contributed by atoms with Gasteiger partial charge in [-0.25, -0.2) is 4.39 Å². The highest BCUT2D eigenvalue weighted by molar-refractivity contribution is 5.89. The maximum atomic E-state index is 13.5. The van der Waals surface area contributed by atoms with Gasteiger partial charge in [0.1, 0.15) is 5.82 Å². The first-order valence-corrected chi connectivity index (χ1v) is 9.52. The summed E-state index contributed by atoms with van der Waals surface area (Å²) < 4.78 is 19.0. The Morgan fingerprint density at radius 2 is 2.12 bits per heavy atom. The number of halogens is 1. The Morgan fingerprint density at radius 3 is 2.96 bits per heavy atom. The molecule has 4 rings (SSSR count). The van der Waals surface area contributed by atoms with Crippen LogP contribution in [0.5, 0.6) is 0 Å². The molecule has 0 radical (unpaired) electrons. The fourth-order valence-electron chi connectivity index (χ4n) is 4.16. The number of nitrogens with zero attached hydrogens (tertiary/aromatic N) is 2. The van der Waals surface area contributed by atoms with E-state index in [1.165, 1.54) is 18.6 Å². The van der Waals surface area contributed by atoms with Crippen molar-refractivity contribution in [1.29, 1.82) is 0 Å². The number of carbonyl (C=O) groups is 1. The predicted octanol–water partition coefficient (Wildman–Crippen LogP) is 2.42. The molecule has 2 aromatic rings. The Kier molecular flexibility index (Phi) is 5.22. The highest BCUT2D eigenvalue weighted by Crippen LogP contribution is 2.23. The topological polar surface area (TPSA) is 48.6 Å². The third-order valence-electron chi connectivity index (χ3n) is 5.56. The molecule has 0 saturated carbocycles. The van der Waals surface area contributed by atoms with E-state index < -0.39 is 0 Å². The number of carbonyl (C=O) groups excluding carboxylic acids is 1. The van der Waals surface area contributed by atoms with Gasteiger partial charge in [0.05, 0.1) is 19.6 Å². The minimum atomic E-state index is -0.269. The second-order valence-corrected chi connectivity index (χ2v) is 7.44. The van der Waals surface area contributed by atoms with Gasteiger partial charge in [-0.2, -0.15) is 0 Å². The molecule has 1 aromatic carbocycles. The molecule has 2 fully saturated rings. The van der Waals surface area contributed by atoms with Gasteiger partial charge in [0.2, 0.25) is 5.91 Å². The molecule has 1 atom stereocenters. The molecule has 0 aliphatic carbocycles. The van der Waals surface area contributed by atoms with Crippen LogP contribution in [0.2, 0.25) is 0 Å². The summed E-state index contributed by atoms with van der Waals surface area (Å²) in [5, 5.41) is 0.806. The van der Waals surface area contributed by atoms with Crippen LogP contribution in [0.1, 0.15) is 18.4 Å². The monoisotopic (exact) mass is 359 g/mol. The van der Waals surface area contributed by atoms with Crippen LogP contribution in [-0.4, -0.2) is 66.6 Å². The molecule has 1 unspecified atom stereocenters. The lowest BCUT2D eigenvalue weighted by molar-refractivity contribution is -0.132. The van der Waals surface area contributed by atoms with Gasteiger partial charge in [0, 0.05) is 49.8 Å². The van der Waals surface area contributed by atoms with Crippen LogP contribution in [0, 0.1) is 11.7 Å². The number of hydrogen-bond donors (Lipinski definition) is 1. The standard InChI is InChI=1S/C20H26FN3O2/c21-17-3-4-19-18(11-17)16(12-22-19)10-20(25)24-5-1-2-15(14-24)13-23-6-8-26-9-7-23/h3-4,11-12,15,22H,1-2,5-10,13-14H2. The van der Waals surface area contributed by atoms with Crippen molar-refractivity contribution in [1.82, 2.24) is 14.8 Å². The number of likely N-dealkylation sites (tertiary alicyclic amines) is 1.